The summed E-state index contributed by atoms with van der Waals surface area (Å²) in [6.07, 6.45) is 3.88. The molecule has 0 aliphatic rings. The number of carbonyl (C=O) groups is 1. The van der Waals surface area contributed by atoms with Gasteiger partial charge in [0.2, 0.25) is 5.91 Å². The van der Waals surface area contributed by atoms with Gasteiger partial charge in [-0.1, -0.05) is 38.9 Å². The summed E-state index contributed by atoms with van der Waals surface area (Å²) in [6, 6.07) is 0. The second-order valence-corrected chi connectivity index (χ2v) is 4.66. The van der Waals surface area contributed by atoms with Crippen LogP contribution < -0.4 is 5.73 Å². The Morgan fingerprint density at radius 2 is 2.00 bits per heavy atom. The van der Waals surface area contributed by atoms with Crippen LogP contribution in [0.2, 0.25) is 0 Å². The lowest BCUT2D eigenvalue weighted by molar-refractivity contribution is -0.131. The smallest absolute Gasteiger partial charge is 0.222 e. The first-order valence-corrected chi connectivity index (χ1v) is 6.50. The van der Waals surface area contributed by atoms with E-state index in [2.05, 4.69) is 6.92 Å². The second kappa shape index (κ2) is 8.50. The Bertz CT molecular complexity index is 231. The van der Waals surface area contributed by atoms with Crippen LogP contribution in [0, 0.1) is 5.92 Å². The fourth-order valence-electron chi connectivity index (χ4n) is 1.51. The maximum absolute atomic E-state index is 11.8. The highest BCUT2D eigenvalue weighted by Gasteiger charge is 2.15. The van der Waals surface area contributed by atoms with Gasteiger partial charge in [-0.3, -0.25) is 4.79 Å². The lowest BCUT2D eigenvalue weighted by Crippen LogP contribution is -2.38. The molecule has 0 aliphatic carbocycles. The van der Waals surface area contributed by atoms with Crippen molar-refractivity contribution in [2.45, 2.75) is 46.5 Å². The van der Waals surface area contributed by atoms with Crippen molar-refractivity contribution in [3.05, 3.63) is 0 Å². The number of thiocarbonyl (C=S) groups is 1. The first-order chi connectivity index (χ1) is 7.52. The molecule has 0 heterocycles. The summed E-state index contributed by atoms with van der Waals surface area (Å²) in [7, 11) is 0. The van der Waals surface area contributed by atoms with Crippen LogP contribution in [0.3, 0.4) is 0 Å². The molecule has 0 aliphatic heterocycles. The van der Waals surface area contributed by atoms with E-state index in [9.17, 15) is 4.79 Å². The Labute approximate surface area is 104 Å². The summed E-state index contributed by atoms with van der Waals surface area (Å²) in [5, 5.41) is 0. The van der Waals surface area contributed by atoms with Gasteiger partial charge in [0.05, 0.1) is 4.99 Å². The average molecular weight is 244 g/mol. The molecular formula is C12H24N2OS. The standard InChI is InChI=1S/C12H24N2OS/c1-4-6-7-8-11(15)14(5-2)9-10(3)12(13)16/h10H,4-9H2,1-3H3,(H2,13,16). The number of rotatable bonds is 8. The van der Waals surface area contributed by atoms with Gasteiger partial charge in [0.25, 0.3) is 0 Å². The molecule has 94 valence electrons. The van der Waals surface area contributed by atoms with Crippen molar-refractivity contribution in [1.29, 1.82) is 0 Å². The molecule has 16 heavy (non-hydrogen) atoms. The van der Waals surface area contributed by atoms with E-state index < -0.39 is 0 Å². The summed E-state index contributed by atoms with van der Waals surface area (Å²) in [4.78, 5) is 14.2. The number of carbonyl (C=O) groups excluding carboxylic acids is 1. The van der Waals surface area contributed by atoms with Crippen LogP contribution in [-0.2, 0) is 4.79 Å². The van der Waals surface area contributed by atoms with Crippen LogP contribution in [0.15, 0.2) is 0 Å². The summed E-state index contributed by atoms with van der Waals surface area (Å²) in [5.41, 5.74) is 5.55. The zero-order valence-electron chi connectivity index (χ0n) is 10.7. The largest absolute Gasteiger partial charge is 0.393 e. The van der Waals surface area contributed by atoms with Crippen molar-refractivity contribution < 1.29 is 4.79 Å². The molecule has 0 aromatic carbocycles. The third-order valence-corrected chi connectivity index (χ3v) is 3.11. The first kappa shape index (κ1) is 15.4. The molecule has 1 atom stereocenters. The minimum atomic E-state index is 0.102. The van der Waals surface area contributed by atoms with E-state index >= 15 is 0 Å². The Morgan fingerprint density at radius 3 is 2.44 bits per heavy atom. The molecule has 1 amide bonds. The molecular weight excluding hydrogens is 220 g/mol. The lowest BCUT2D eigenvalue weighted by Gasteiger charge is -2.24. The van der Waals surface area contributed by atoms with Gasteiger partial charge in [-0.05, 0) is 13.3 Å². The van der Waals surface area contributed by atoms with Gasteiger partial charge in [-0.2, -0.15) is 0 Å². The second-order valence-electron chi connectivity index (χ2n) is 4.19. The van der Waals surface area contributed by atoms with Gasteiger partial charge < -0.3 is 10.6 Å². The molecule has 0 saturated carbocycles. The molecule has 0 saturated heterocycles. The highest BCUT2D eigenvalue weighted by Crippen LogP contribution is 2.06. The van der Waals surface area contributed by atoms with Crippen molar-refractivity contribution >= 4 is 23.1 Å². The molecule has 0 spiro atoms. The van der Waals surface area contributed by atoms with E-state index in [1.165, 1.54) is 0 Å². The molecule has 0 bridgehead atoms. The molecule has 0 rings (SSSR count). The SMILES string of the molecule is CCCCCC(=O)N(CC)CC(C)C(N)=S. The molecule has 2 N–H and O–H groups in total. The summed E-state index contributed by atoms with van der Waals surface area (Å²) < 4.78 is 0. The highest BCUT2D eigenvalue weighted by molar-refractivity contribution is 7.80. The zero-order chi connectivity index (χ0) is 12.6. The van der Waals surface area contributed by atoms with Gasteiger partial charge in [0, 0.05) is 25.4 Å². The third kappa shape index (κ3) is 6.05. The number of nitrogens with two attached hydrogens (primary N) is 1. The van der Waals surface area contributed by atoms with Crippen LogP contribution in [-0.4, -0.2) is 28.9 Å². The molecule has 4 heteroatoms. The van der Waals surface area contributed by atoms with Gasteiger partial charge in [-0.15, -0.1) is 0 Å². The fourth-order valence-corrected chi connectivity index (χ4v) is 1.59. The number of unbranched alkanes of at least 4 members (excludes halogenated alkanes) is 2. The molecule has 3 nitrogen and oxygen atoms in total. The van der Waals surface area contributed by atoms with Crippen molar-refractivity contribution in [2.24, 2.45) is 11.7 Å². The van der Waals surface area contributed by atoms with Gasteiger partial charge in [0.15, 0.2) is 0 Å². The minimum Gasteiger partial charge on any atom is -0.393 e. The number of hydrogen-bond donors (Lipinski definition) is 1. The van der Waals surface area contributed by atoms with E-state index in [0.717, 1.165) is 25.8 Å². The number of hydrogen-bond acceptors (Lipinski definition) is 2. The third-order valence-electron chi connectivity index (χ3n) is 2.71. The molecule has 0 fully saturated rings. The van der Waals surface area contributed by atoms with Crippen LogP contribution >= 0.6 is 12.2 Å². The van der Waals surface area contributed by atoms with Gasteiger partial charge >= 0.3 is 0 Å². The average Bonchev–Trinajstić information content (AvgIpc) is 2.25. The van der Waals surface area contributed by atoms with E-state index in [1.54, 1.807) is 0 Å². The van der Waals surface area contributed by atoms with Crippen LogP contribution in [0.4, 0.5) is 0 Å². The van der Waals surface area contributed by atoms with E-state index in [4.69, 9.17) is 18.0 Å². The number of amides is 1. The van der Waals surface area contributed by atoms with Crippen molar-refractivity contribution in [1.82, 2.24) is 4.90 Å². The summed E-state index contributed by atoms with van der Waals surface area (Å²) >= 11 is 4.92. The van der Waals surface area contributed by atoms with E-state index in [0.29, 0.717) is 18.0 Å². The Kier molecular flexibility index (Phi) is 8.16. The number of nitrogens with zero attached hydrogens (tertiary/aromatic N) is 1. The predicted octanol–water partition coefficient (Wildman–Crippen LogP) is 2.34. The molecule has 0 radical (unpaired) electrons. The maximum atomic E-state index is 11.8. The summed E-state index contributed by atoms with van der Waals surface area (Å²) in [6.45, 7) is 7.47. The van der Waals surface area contributed by atoms with Crippen molar-refractivity contribution in [3.63, 3.8) is 0 Å². The molecule has 0 aromatic heterocycles. The van der Waals surface area contributed by atoms with Crippen LogP contribution in [0.1, 0.15) is 46.5 Å². The predicted molar refractivity (Wildman–Crippen MR) is 72.3 cm³/mol. The molecule has 1 unspecified atom stereocenters. The van der Waals surface area contributed by atoms with Crippen molar-refractivity contribution in [3.8, 4) is 0 Å². The Hall–Kier alpha value is -0.640. The van der Waals surface area contributed by atoms with Crippen LogP contribution in [0.25, 0.3) is 0 Å². The van der Waals surface area contributed by atoms with Gasteiger partial charge in [0.1, 0.15) is 0 Å². The fraction of sp³-hybridized carbons (Fsp3) is 0.833. The maximum Gasteiger partial charge on any atom is 0.222 e. The Balaban J connectivity index is 4.06. The van der Waals surface area contributed by atoms with Gasteiger partial charge in [-0.25, -0.2) is 0 Å². The van der Waals surface area contributed by atoms with Crippen LogP contribution in [0.5, 0.6) is 0 Å². The topological polar surface area (TPSA) is 46.3 Å². The van der Waals surface area contributed by atoms with E-state index in [1.807, 2.05) is 18.7 Å². The highest BCUT2D eigenvalue weighted by atomic mass is 32.1. The van der Waals surface area contributed by atoms with E-state index in [-0.39, 0.29) is 11.8 Å². The first-order valence-electron chi connectivity index (χ1n) is 6.10. The normalized spacial score (nSPS) is 12.2. The quantitative estimate of drug-likeness (QED) is 0.526. The van der Waals surface area contributed by atoms with Crippen molar-refractivity contribution in [2.75, 3.05) is 13.1 Å². The summed E-state index contributed by atoms with van der Waals surface area (Å²) in [5.74, 6) is 0.323. The monoisotopic (exact) mass is 244 g/mol. The lowest BCUT2D eigenvalue weighted by atomic mass is 10.1. The molecule has 0 aromatic rings. The zero-order valence-corrected chi connectivity index (χ0v) is 11.5. The Morgan fingerprint density at radius 1 is 1.38 bits per heavy atom. The minimum absolute atomic E-state index is 0.102.